The van der Waals surface area contributed by atoms with Crippen LogP contribution in [-0.4, -0.2) is 43.7 Å². The van der Waals surface area contributed by atoms with Crippen LogP contribution in [0.5, 0.6) is 0 Å². The summed E-state index contributed by atoms with van der Waals surface area (Å²) in [5.74, 6) is 0.0894. The summed E-state index contributed by atoms with van der Waals surface area (Å²) in [5.41, 5.74) is 2.46. The Hall–Kier alpha value is -1.55. The van der Waals surface area contributed by atoms with Gasteiger partial charge in [-0.25, -0.2) is 0 Å². The lowest BCUT2D eigenvalue weighted by molar-refractivity contribution is -0.131. The van der Waals surface area contributed by atoms with Gasteiger partial charge in [0, 0.05) is 32.4 Å². The van der Waals surface area contributed by atoms with Crippen LogP contribution in [0.3, 0.4) is 0 Å². The van der Waals surface area contributed by atoms with E-state index in [1.165, 1.54) is 24.1 Å². The molecule has 2 aliphatic heterocycles. The van der Waals surface area contributed by atoms with Gasteiger partial charge in [-0.2, -0.15) is 0 Å². The third-order valence-electron chi connectivity index (χ3n) is 3.79. The Morgan fingerprint density at radius 2 is 2.16 bits per heavy atom. The van der Waals surface area contributed by atoms with E-state index < -0.39 is 0 Å². The van der Waals surface area contributed by atoms with Gasteiger partial charge in [0.25, 0.3) is 5.91 Å². The van der Waals surface area contributed by atoms with E-state index in [9.17, 15) is 4.79 Å². The van der Waals surface area contributed by atoms with Gasteiger partial charge in [0.1, 0.15) is 0 Å². The summed E-state index contributed by atoms with van der Waals surface area (Å²) in [6.45, 7) is 3.53. The minimum Gasteiger partial charge on any atom is -0.372 e. The Bertz CT molecular complexity index is 465. The molecule has 4 nitrogen and oxygen atoms in total. The van der Waals surface area contributed by atoms with Gasteiger partial charge >= 0.3 is 0 Å². The molecule has 1 atom stereocenters. The van der Waals surface area contributed by atoms with E-state index in [4.69, 9.17) is 4.74 Å². The lowest BCUT2D eigenvalue weighted by Crippen LogP contribution is -2.30. The highest BCUT2D eigenvalue weighted by Gasteiger charge is 2.33. The maximum atomic E-state index is 11.8. The van der Waals surface area contributed by atoms with Crippen molar-refractivity contribution in [2.75, 3.05) is 31.6 Å². The summed E-state index contributed by atoms with van der Waals surface area (Å²) in [4.78, 5) is 16.0. The van der Waals surface area contributed by atoms with Crippen LogP contribution in [0.15, 0.2) is 24.3 Å². The molecule has 3 rings (SSSR count). The Kier molecular flexibility index (Phi) is 3.42. The summed E-state index contributed by atoms with van der Waals surface area (Å²) in [7, 11) is 1.84. The summed E-state index contributed by atoms with van der Waals surface area (Å²) in [5, 5.41) is 0. The molecule has 0 aliphatic carbocycles. The van der Waals surface area contributed by atoms with E-state index >= 15 is 0 Å². The van der Waals surface area contributed by atoms with Gasteiger partial charge in [-0.15, -0.1) is 0 Å². The molecular formula is C15H20N2O2. The molecule has 1 amide bonds. The highest BCUT2D eigenvalue weighted by Crippen LogP contribution is 2.22. The molecule has 2 heterocycles. The van der Waals surface area contributed by atoms with Crippen molar-refractivity contribution in [1.29, 1.82) is 0 Å². The number of epoxide rings is 1. The maximum absolute atomic E-state index is 11.8. The molecule has 1 aromatic rings. The van der Waals surface area contributed by atoms with Crippen molar-refractivity contribution in [3.05, 3.63) is 29.8 Å². The van der Waals surface area contributed by atoms with Crippen LogP contribution in [0.4, 0.5) is 5.69 Å². The van der Waals surface area contributed by atoms with Gasteiger partial charge in [-0.05, 0) is 30.5 Å². The van der Waals surface area contributed by atoms with Crippen molar-refractivity contribution >= 4 is 11.6 Å². The second-order valence-corrected chi connectivity index (χ2v) is 5.38. The van der Waals surface area contributed by atoms with Crippen LogP contribution in [0, 0.1) is 0 Å². The average molecular weight is 260 g/mol. The zero-order chi connectivity index (χ0) is 13.2. The highest BCUT2D eigenvalue weighted by atomic mass is 16.6. The first-order valence-corrected chi connectivity index (χ1v) is 6.94. The smallest absolute Gasteiger partial charge is 0.254 e. The summed E-state index contributed by atoms with van der Waals surface area (Å²) >= 11 is 0. The highest BCUT2D eigenvalue weighted by molar-refractivity contribution is 5.82. The molecule has 0 N–H and O–H groups in total. The summed E-state index contributed by atoms with van der Waals surface area (Å²) in [6.07, 6.45) is 2.37. The zero-order valence-corrected chi connectivity index (χ0v) is 11.3. The molecule has 0 saturated carbocycles. The first-order chi connectivity index (χ1) is 9.24. The van der Waals surface area contributed by atoms with Crippen molar-refractivity contribution in [2.24, 2.45) is 0 Å². The van der Waals surface area contributed by atoms with Gasteiger partial charge in [0.2, 0.25) is 0 Å². The van der Waals surface area contributed by atoms with Crippen LogP contribution in [0.1, 0.15) is 18.4 Å². The topological polar surface area (TPSA) is 36.1 Å². The SMILES string of the molecule is CN(Cc1cccc(N2CCCC2)c1)C(=O)C1CO1. The molecule has 2 fully saturated rings. The number of hydrogen-bond acceptors (Lipinski definition) is 3. The lowest BCUT2D eigenvalue weighted by Gasteiger charge is -2.20. The number of benzene rings is 1. The van der Waals surface area contributed by atoms with Gasteiger partial charge in [-0.3, -0.25) is 4.79 Å². The van der Waals surface area contributed by atoms with E-state index in [2.05, 4.69) is 29.2 Å². The Morgan fingerprint density at radius 3 is 2.84 bits per heavy atom. The van der Waals surface area contributed by atoms with Gasteiger partial charge in [0.05, 0.1) is 6.61 Å². The number of rotatable bonds is 4. The van der Waals surface area contributed by atoms with Crippen LogP contribution < -0.4 is 4.90 Å². The minimum atomic E-state index is -0.188. The third-order valence-corrected chi connectivity index (χ3v) is 3.79. The number of carbonyl (C=O) groups excluding carboxylic acids is 1. The van der Waals surface area contributed by atoms with Crippen molar-refractivity contribution in [3.8, 4) is 0 Å². The molecule has 4 heteroatoms. The quantitative estimate of drug-likeness (QED) is 0.772. The lowest BCUT2D eigenvalue weighted by atomic mass is 10.1. The molecule has 1 unspecified atom stereocenters. The van der Waals surface area contributed by atoms with Gasteiger partial charge in [-0.1, -0.05) is 12.1 Å². The first kappa shape index (κ1) is 12.5. The minimum absolute atomic E-state index is 0.0894. The normalized spacial score (nSPS) is 21.5. The molecule has 102 valence electrons. The van der Waals surface area contributed by atoms with Gasteiger partial charge < -0.3 is 14.5 Å². The maximum Gasteiger partial charge on any atom is 0.254 e. The van der Waals surface area contributed by atoms with E-state index in [-0.39, 0.29) is 12.0 Å². The van der Waals surface area contributed by atoms with Crippen molar-refractivity contribution < 1.29 is 9.53 Å². The molecule has 0 spiro atoms. The number of ether oxygens (including phenoxy) is 1. The van der Waals surface area contributed by atoms with Crippen molar-refractivity contribution in [2.45, 2.75) is 25.5 Å². The fourth-order valence-corrected chi connectivity index (χ4v) is 2.62. The predicted molar refractivity (Wildman–Crippen MR) is 74.1 cm³/mol. The molecule has 0 aromatic heterocycles. The van der Waals surface area contributed by atoms with E-state index in [0.29, 0.717) is 13.2 Å². The Morgan fingerprint density at radius 1 is 1.42 bits per heavy atom. The fraction of sp³-hybridized carbons (Fsp3) is 0.533. The second-order valence-electron chi connectivity index (χ2n) is 5.38. The van der Waals surface area contributed by atoms with Crippen molar-refractivity contribution in [3.63, 3.8) is 0 Å². The second kappa shape index (κ2) is 5.21. The van der Waals surface area contributed by atoms with Crippen LogP contribution in [0.25, 0.3) is 0 Å². The zero-order valence-electron chi connectivity index (χ0n) is 11.3. The number of carbonyl (C=O) groups is 1. The molecule has 2 aliphatic rings. The van der Waals surface area contributed by atoms with E-state index in [1.54, 1.807) is 4.90 Å². The molecule has 0 radical (unpaired) electrons. The molecule has 2 saturated heterocycles. The third kappa shape index (κ3) is 2.89. The van der Waals surface area contributed by atoms with Crippen LogP contribution in [-0.2, 0) is 16.1 Å². The molecule has 19 heavy (non-hydrogen) atoms. The van der Waals surface area contributed by atoms with E-state index in [1.807, 2.05) is 7.05 Å². The summed E-state index contributed by atoms with van der Waals surface area (Å²) < 4.78 is 5.03. The van der Waals surface area contributed by atoms with E-state index in [0.717, 1.165) is 13.1 Å². The average Bonchev–Trinajstić information content (AvgIpc) is 3.12. The molecular weight excluding hydrogens is 240 g/mol. The number of likely N-dealkylation sites (N-methyl/N-ethyl adjacent to an activating group) is 1. The number of amides is 1. The number of nitrogens with zero attached hydrogens (tertiary/aromatic N) is 2. The van der Waals surface area contributed by atoms with Gasteiger partial charge in [0.15, 0.2) is 6.10 Å². The number of anilines is 1. The summed E-state index contributed by atoms with van der Waals surface area (Å²) in [6, 6.07) is 8.51. The van der Waals surface area contributed by atoms with Crippen LogP contribution >= 0.6 is 0 Å². The van der Waals surface area contributed by atoms with Crippen LogP contribution in [0.2, 0.25) is 0 Å². The standard InChI is InChI=1S/C15H20N2O2/c1-16(15(18)14-11-19-14)10-12-5-4-6-13(9-12)17-7-2-3-8-17/h4-6,9,14H,2-3,7-8,10-11H2,1H3. The first-order valence-electron chi connectivity index (χ1n) is 6.94. The Balaban J connectivity index is 1.66. The fourth-order valence-electron chi connectivity index (χ4n) is 2.62. The van der Waals surface area contributed by atoms with Crippen molar-refractivity contribution in [1.82, 2.24) is 4.90 Å². The molecule has 1 aromatic carbocycles. The molecule has 0 bridgehead atoms. The number of hydrogen-bond donors (Lipinski definition) is 0. The predicted octanol–water partition coefficient (Wildman–Crippen LogP) is 1.64. The largest absolute Gasteiger partial charge is 0.372 e. The Labute approximate surface area is 113 Å². The monoisotopic (exact) mass is 260 g/mol.